The van der Waals surface area contributed by atoms with Gasteiger partial charge in [0.2, 0.25) is 10.0 Å². The number of piperidine rings is 1. The van der Waals surface area contributed by atoms with Gasteiger partial charge in [-0.2, -0.15) is 4.31 Å². The van der Waals surface area contributed by atoms with E-state index in [0.717, 1.165) is 5.56 Å². The van der Waals surface area contributed by atoms with Gasteiger partial charge in [0.05, 0.1) is 11.5 Å². The number of carbonyl (C=O) groups is 1. The van der Waals surface area contributed by atoms with Crippen molar-refractivity contribution in [1.82, 2.24) is 9.62 Å². The van der Waals surface area contributed by atoms with Crippen molar-refractivity contribution in [2.24, 2.45) is 0 Å². The van der Waals surface area contributed by atoms with E-state index in [1.807, 2.05) is 26.0 Å². The maximum atomic E-state index is 12.8. The minimum atomic E-state index is -3.54. The Morgan fingerprint density at radius 3 is 2.25 bits per heavy atom. The van der Waals surface area contributed by atoms with E-state index in [9.17, 15) is 13.2 Å². The highest BCUT2D eigenvalue weighted by Crippen LogP contribution is 2.23. The summed E-state index contributed by atoms with van der Waals surface area (Å²) in [6, 6.07) is 13.9. The monoisotopic (exact) mass is 402 g/mol. The number of benzene rings is 2. The Morgan fingerprint density at radius 2 is 1.68 bits per heavy atom. The van der Waals surface area contributed by atoms with Crippen molar-refractivity contribution in [3.05, 3.63) is 59.7 Å². The van der Waals surface area contributed by atoms with Gasteiger partial charge in [0.1, 0.15) is 5.75 Å². The molecule has 0 radical (unpaired) electrons. The van der Waals surface area contributed by atoms with Crippen molar-refractivity contribution in [2.75, 3.05) is 19.7 Å². The fraction of sp³-hybridized carbons (Fsp3) is 0.381. The summed E-state index contributed by atoms with van der Waals surface area (Å²) in [6.45, 7) is 5.16. The SMILES string of the molecule is CCOc1ccc(S(=O)(=O)N2CCC(NC(=O)c3ccc(C)cc3)CC2)cc1. The first kappa shape index (κ1) is 20.4. The van der Waals surface area contributed by atoms with Crippen LogP contribution in [-0.2, 0) is 10.0 Å². The van der Waals surface area contributed by atoms with Gasteiger partial charge >= 0.3 is 0 Å². The smallest absolute Gasteiger partial charge is 0.251 e. The van der Waals surface area contributed by atoms with Gasteiger partial charge in [-0.05, 0) is 63.1 Å². The first-order valence-corrected chi connectivity index (χ1v) is 10.9. The van der Waals surface area contributed by atoms with Gasteiger partial charge in [0.15, 0.2) is 0 Å². The van der Waals surface area contributed by atoms with Gasteiger partial charge < -0.3 is 10.1 Å². The van der Waals surface area contributed by atoms with E-state index in [2.05, 4.69) is 5.32 Å². The van der Waals surface area contributed by atoms with Gasteiger partial charge in [0.25, 0.3) is 5.91 Å². The third-order valence-corrected chi connectivity index (χ3v) is 6.79. The average Bonchev–Trinajstić information content (AvgIpc) is 2.69. The zero-order valence-electron chi connectivity index (χ0n) is 16.2. The van der Waals surface area contributed by atoms with Crippen molar-refractivity contribution in [1.29, 1.82) is 0 Å². The molecule has 1 amide bonds. The zero-order chi connectivity index (χ0) is 20.1. The minimum Gasteiger partial charge on any atom is -0.494 e. The molecule has 2 aromatic rings. The van der Waals surface area contributed by atoms with Crippen LogP contribution in [0.15, 0.2) is 53.4 Å². The lowest BCUT2D eigenvalue weighted by atomic mass is 10.1. The summed E-state index contributed by atoms with van der Waals surface area (Å²) in [4.78, 5) is 12.6. The van der Waals surface area contributed by atoms with Crippen LogP contribution in [-0.4, -0.2) is 44.4 Å². The molecule has 0 unspecified atom stereocenters. The predicted octanol–water partition coefficient (Wildman–Crippen LogP) is 2.98. The Morgan fingerprint density at radius 1 is 1.07 bits per heavy atom. The molecule has 0 atom stereocenters. The van der Waals surface area contributed by atoms with Crippen molar-refractivity contribution in [3.63, 3.8) is 0 Å². The van der Waals surface area contributed by atoms with E-state index in [4.69, 9.17) is 4.74 Å². The number of nitrogens with one attached hydrogen (secondary N) is 1. The lowest BCUT2D eigenvalue weighted by Crippen LogP contribution is -2.46. The maximum absolute atomic E-state index is 12.8. The highest BCUT2D eigenvalue weighted by Gasteiger charge is 2.30. The second-order valence-corrected chi connectivity index (χ2v) is 8.86. The van der Waals surface area contributed by atoms with Crippen LogP contribution in [0.5, 0.6) is 5.75 Å². The highest BCUT2D eigenvalue weighted by molar-refractivity contribution is 7.89. The predicted molar refractivity (Wildman–Crippen MR) is 108 cm³/mol. The van der Waals surface area contributed by atoms with E-state index in [0.29, 0.717) is 43.9 Å². The summed E-state index contributed by atoms with van der Waals surface area (Å²) < 4.78 is 32.5. The topological polar surface area (TPSA) is 75.7 Å². The zero-order valence-corrected chi connectivity index (χ0v) is 17.0. The molecule has 2 aromatic carbocycles. The molecule has 7 heteroatoms. The van der Waals surface area contributed by atoms with Crippen LogP contribution < -0.4 is 10.1 Å². The van der Waals surface area contributed by atoms with Crippen LogP contribution in [0.25, 0.3) is 0 Å². The van der Waals surface area contributed by atoms with Gasteiger partial charge in [-0.15, -0.1) is 0 Å². The fourth-order valence-corrected chi connectivity index (χ4v) is 4.71. The first-order chi connectivity index (χ1) is 13.4. The second kappa shape index (κ2) is 8.75. The number of sulfonamides is 1. The van der Waals surface area contributed by atoms with Crippen LogP contribution in [0, 0.1) is 6.92 Å². The number of ether oxygens (including phenoxy) is 1. The molecule has 0 bridgehead atoms. The van der Waals surface area contributed by atoms with Gasteiger partial charge in [-0.3, -0.25) is 4.79 Å². The van der Waals surface area contributed by atoms with E-state index < -0.39 is 10.0 Å². The molecule has 28 heavy (non-hydrogen) atoms. The van der Waals surface area contributed by atoms with E-state index in [1.165, 1.54) is 4.31 Å². The summed E-state index contributed by atoms with van der Waals surface area (Å²) in [5, 5.41) is 3.01. The number of amides is 1. The number of hydrogen-bond acceptors (Lipinski definition) is 4. The summed E-state index contributed by atoms with van der Waals surface area (Å²) in [5.74, 6) is 0.534. The normalized spacial score (nSPS) is 15.9. The molecular formula is C21H26N2O4S. The fourth-order valence-electron chi connectivity index (χ4n) is 3.24. The van der Waals surface area contributed by atoms with Crippen LogP contribution in [0.2, 0.25) is 0 Å². The lowest BCUT2D eigenvalue weighted by molar-refractivity contribution is 0.0924. The van der Waals surface area contributed by atoms with Crippen molar-refractivity contribution >= 4 is 15.9 Å². The molecular weight excluding hydrogens is 376 g/mol. The van der Waals surface area contributed by atoms with Crippen LogP contribution in [0.3, 0.4) is 0 Å². The molecule has 150 valence electrons. The Labute approximate surface area is 166 Å². The highest BCUT2D eigenvalue weighted by atomic mass is 32.2. The number of nitrogens with zero attached hydrogens (tertiary/aromatic N) is 1. The molecule has 0 aliphatic carbocycles. The summed E-state index contributed by atoms with van der Waals surface area (Å²) >= 11 is 0. The summed E-state index contributed by atoms with van der Waals surface area (Å²) in [6.07, 6.45) is 1.18. The van der Waals surface area contributed by atoms with E-state index in [1.54, 1.807) is 36.4 Å². The lowest BCUT2D eigenvalue weighted by Gasteiger charge is -2.31. The van der Waals surface area contributed by atoms with Crippen molar-refractivity contribution < 1.29 is 17.9 Å². The number of rotatable bonds is 6. The Balaban J connectivity index is 1.58. The molecule has 1 aliphatic rings. The molecule has 6 nitrogen and oxygen atoms in total. The number of aryl methyl sites for hydroxylation is 1. The molecule has 1 aliphatic heterocycles. The second-order valence-electron chi connectivity index (χ2n) is 6.92. The van der Waals surface area contributed by atoms with Gasteiger partial charge in [-0.25, -0.2) is 8.42 Å². The standard InChI is InChI=1S/C21H26N2O4S/c1-3-27-19-8-10-20(11-9-19)28(25,26)23-14-12-18(13-15-23)22-21(24)17-6-4-16(2)5-7-17/h4-11,18H,3,12-15H2,1-2H3,(H,22,24). The largest absolute Gasteiger partial charge is 0.494 e. The Kier molecular flexibility index (Phi) is 6.36. The number of carbonyl (C=O) groups excluding carboxylic acids is 1. The molecule has 1 heterocycles. The molecule has 1 saturated heterocycles. The average molecular weight is 403 g/mol. The quantitative estimate of drug-likeness (QED) is 0.806. The summed E-state index contributed by atoms with van der Waals surface area (Å²) in [5.41, 5.74) is 1.72. The van der Waals surface area contributed by atoms with Gasteiger partial charge in [0, 0.05) is 24.7 Å². The van der Waals surface area contributed by atoms with Crippen LogP contribution >= 0.6 is 0 Å². The van der Waals surface area contributed by atoms with E-state index >= 15 is 0 Å². The van der Waals surface area contributed by atoms with E-state index in [-0.39, 0.29) is 16.8 Å². The molecule has 1 N–H and O–H groups in total. The van der Waals surface area contributed by atoms with Crippen molar-refractivity contribution in [2.45, 2.75) is 37.6 Å². The number of hydrogen-bond donors (Lipinski definition) is 1. The molecule has 0 aromatic heterocycles. The Bertz CT molecular complexity index is 900. The first-order valence-electron chi connectivity index (χ1n) is 9.50. The third-order valence-electron chi connectivity index (χ3n) is 4.88. The molecule has 1 fully saturated rings. The van der Waals surface area contributed by atoms with Gasteiger partial charge in [-0.1, -0.05) is 17.7 Å². The summed E-state index contributed by atoms with van der Waals surface area (Å²) in [7, 11) is -3.54. The molecule has 3 rings (SSSR count). The third kappa shape index (κ3) is 4.72. The molecule has 0 spiro atoms. The van der Waals surface area contributed by atoms with Crippen LogP contribution in [0.1, 0.15) is 35.7 Å². The molecule has 0 saturated carbocycles. The van der Waals surface area contributed by atoms with Crippen LogP contribution in [0.4, 0.5) is 0 Å². The maximum Gasteiger partial charge on any atom is 0.251 e. The van der Waals surface area contributed by atoms with Crippen molar-refractivity contribution in [3.8, 4) is 5.75 Å². The Hall–Kier alpha value is -2.38. The minimum absolute atomic E-state index is 0.0272.